The van der Waals surface area contributed by atoms with Crippen LogP contribution in [0.3, 0.4) is 0 Å². The van der Waals surface area contributed by atoms with Gasteiger partial charge in [0, 0.05) is 12.2 Å². The molecule has 0 spiro atoms. The molecule has 128 valence electrons. The number of nitrogens with two attached hydrogens (primary N) is 2. The molecule has 0 saturated heterocycles. The highest BCUT2D eigenvalue weighted by molar-refractivity contribution is 6.15. The van der Waals surface area contributed by atoms with Crippen molar-refractivity contribution in [3.8, 4) is 0 Å². The highest BCUT2D eigenvalue weighted by Gasteiger charge is 2.46. The second kappa shape index (κ2) is 6.65. The van der Waals surface area contributed by atoms with E-state index in [0.717, 1.165) is 37.7 Å². The molecule has 0 aromatic heterocycles. The fourth-order valence-electron chi connectivity index (χ4n) is 3.85. The summed E-state index contributed by atoms with van der Waals surface area (Å²) >= 11 is 0. The number of hydrogen-bond acceptors (Lipinski definition) is 4. The minimum atomic E-state index is -0.725. The molecular formula is C18H23N3O3. The third-order valence-corrected chi connectivity index (χ3v) is 5.06. The van der Waals surface area contributed by atoms with Gasteiger partial charge in [0.1, 0.15) is 0 Å². The first-order chi connectivity index (χ1) is 11.5. The monoisotopic (exact) mass is 329 g/mol. The van der Waals surface area contributed by atoms with Crippen LogP contribution in [0.2, 0.25) is 0 Å². The van der Waals surface area contributed by atoms with Gasteiger partial charge in [-0.3, -0.25) is 14.5 Å². The number of amides is 2. The van der Waals surface area contributed by atoms with Crippen molar-refractivity contribution in [2.24, 2.45) is 17.4 Å². The molecule has 1 saturated carbocycles. The van der Waals surface area contributed by atoms with E-state index in [-0.39, 0.29) is 11.5 Å². The Labute approximate surface area is 141 Å². The van der Waals surface area contributed by atoms with Gasteiger partial charge < -0.3 is 16.6 Å². The molecule has 2 aliphatic rings. The van der Waals surface area contributed by atoms with Crippen molar-refractivity contribution in [2.75, 3.05) is 4.90 Å². The van der Waals surface area contributed by atoms with E-state index in [1.165, 1.54) is 4.90 Å². The minimum Gasteiger partial charge on any atom is -0.503 e. The van der Waals surface area contributed by atoms with E-state index in [9.17, 15) is 14.7 Å². The number of primary amides is 1. The van der Waals surface area contributed by atoms with Crippen molar-refractivity contribution in [3.63, 3.8) is 0 Å². The van der Waals surface area contributed by atoms with E-state index in [0.29, 0.717) is 12.2 Å². The fraction of sp³-hybridized carbons (Fsp3) is 0.444. The fourth-order valence-corrected chi connectivity index (χ4v) is 3.85. The van der Waals surface area contributed by atoms with Crippen LogP contribution in [0.15, 0.2) is 35.6 Å². The molecule has 5 N–H and O–H groups in total. The average Bonchev–Trinajstić information content (AvgIpc) is 2.87. The Morgan fingerprint density at radius 3 is 2.33 bits per heavy atom. The molecule has 1 atom stereocenters. The summed E-state index contributed by atoms with van der Waals surface area (Å²) in [5.74, 6) is -1.66. The van der Waals surface area contributed by atoms with Gasteiger partial charge in [-0.05, 0) is 36.5 Å². The van der Waals surface area contributed by atoms with Crippen LogP contribution in [0.5, 0.6) is 0 Å². The van der Waals surface area contributed by atoms with Crippen molar-refractivity contribution in [1.82, 2.24) is 0 Å². The maximum atomic E-state index is 12.6. The zero-order valence-electron chi connectivity index (χ0n) is 13.6. The largest absolute Gasteiger partial charge is 0.503 e. The molecule has 24 heavy (non-hydrogen) atoms. The maximum Gasteiger partial charge on any atom is 0.294 e. The van der Waals surface area contributed by atoms with Crippen molar-refractivity contribution >= 4 is 17.5 Å². The van der Waals surface area contributed by atoms with E-state index in [1.54, 1.807) is 12.1 Å². The van der Waals surface area contributed by atoms with E-state index in [4.69, 9.17) is 11.5 Å². The Morgan fingerprint density at radius 2 is 1.79 bits per heavy atom. The molecule has 1 aromatic rings. The number of aliphatic hydroxyl groups excluding tert-OH is 1. The molecule has 1 aromatic carbocycles. The molecule has 1 aliphatic heterocycles. The lowest BCUT2D eigenvalue weighted by Gasteiger charge is -2.35. The lowest BCUT2D eigenvalue weighted by atomic mass is 9.80. The molecule has 0 bridgehead atoms. The predicted molar refractivity (Wildman–Crippen MR) is 91.0 cm³/mol. The number of benzene rings is 1. The molecule has 6 heteroatoms. The lowest BCUT2D eigenvalue weighted by Crippen LogP contribution is -2.43. The van der Waals surface area contributed by atoms with Crippen LogP contribution in [-0.4, -0.2) is 23.0 Å². The number of nitrogens with zero attached hydrogens (tertiary/aromatic N) is 1. The summed E-state index contributed by atoms with van der Waals surface area (Å²) in [5, 5.41) is 10.2. The van der Waals surface area contributed by atoms with Crippen LogP contribution >= 0.6 is 0 Å². The smallest absolute Gasteiger partial charge is 0.294 e. The Kier molecular flexibility index (Phi) is 4.57. The zero-order chi connectivity index (χ0) is 17.3. The van der Waals surface area contributed by atoms with E-state index < -0.39 is 23.6 Å². The third kappa shape index (κ3) is 2.78. The lowest BCUT2D eigenvalue weighted by molar-refractivity contribution is -0.117. The topological polar surface area (TPSA) is 110 Å². The van der Waals surface area contributed by atoms with Gasteiger partial charge in [0.2, 0.25) is 0 Å². The van der Waals surface area contributed by atoms with E-state index in [1.807, 2.05) is 12.1 Å². The Bertz CT molecular complexity index is 675. The molecule has 1 fully saturated rings. The number of anilines is 1. The summed E-state index contributed by atoms with van der Waals surface area (Å²) in [6.45, 7) is 0.413. The Morgan fingerprint density at radius 1 is 1.17 bits per heavy atom. The number of hydrogen-bond donors (Lipinski definition) is 3. The quantitative estimate of drug-likeness (QED) is 0.781. The minimum absolute atomic E-state index is 0.0507. The summed E-state index contributed by atoms with van der Waals surface area (Å²) in [6, 6.07) is 6.80. The van der Waals surface area contributed by atoms with Crippen molar-refractivity contribution in [1.29, 1.82) is 0 Å². The first-order valence-electron chi connectivity index (χ1n) is 8.40. The van der Waals surface area contributed by atoms with Crippen LogP contribution in [0, 0.1) is 5.92 Å². The van der Waals surface area contributed by atoms with Crippen LogP contribution in [0.4, 0.5) is 5.69 Å². The standard InChI is InChI=1S/C18H23N3O3/c19-10-11-6-8-13(9-7-11)21-15(12-4-2-1-3-5-12)14(17(20)23)16(22)18(21)24/h6-9,12,15,22H,1-5,10,19H2,(H2,20,23). The van der Waals surface area contributed by atoms with Crippen LogP contribution in [-0.2, 0) is 16.1 Å². The van der Waals surface area contributed by atoms with Gasteiger partial charge in [0.15, 0.2) is 5.76 Å². The zero-order valence-corrected chi connectivity index (χ0v) is 13.6. The summed E-state index contributed by atoms with van der Waals surface area (Å²) in [7, 11) is 0. The highest BCUT2D eigenvalue weighted by Crippen LogP contribution is 2.39. The maximum absolute atomic E-state index is 12.6. The van der Waals surface area contributed by atoms with Gasteiger partial charge in [0.25, 0.3) is 11.8 Å². The average molecular weight is 329 g/mol. The number of rotatable bonds is 4. The third-order valence-electron chi connectivity index (χ3n) is 5.06. The van der Waals surface area contributed by atoms with Crippen LogP contribution in [0.1, 0.15) is 37.7 Å². The van der Waals surface area contributed by atoms with Gasteiger partial charge >= 0.3 is 0 Å². The van der Waals surface area contributed by atoms with Crippen LogP contribution in [0.25, 0.3) is 0 Å². The Balaban J connectivity index is 2.01. The molecule has 1 unspecified atom stereocenters. The van der Waals surface area contributed by atoms with E-state index >= 15 is 0 Å². The SMILES string of the molecule is NCc1ccc(N2C(=O)C(O)=C(C(N)=O)C2C2CCCCC2)cc1. The van der Waals surface area contributed by atoms with Crippen LogP contribution < -0.4 is 16.4 Å². The van der Waals surface area contributed by atoms with E-state index in [2.05, 4.69) is 0 Å². The van der Waals surface area contributed by atoms with Crippen molar-refractivity contribution in [2.45, 2.75) is 44.7 Å². The van der Waals surface area contributed by atoms with Gasteiger partial charge in [-0.15, -0.1) is 0 Å². The number of aliphatic hydroxyl groups is 1. The summed E-state index contributed by atoms with van der Waals surface area (Å²) in [5.41, 5.74) is 12.8. The van der Waals surface area contributed by atoms with Gasteiger partial charge in [0.05, 0.1) is 11.6 Å². The molecule has 0 radical (unpaired) electrons. The highest BCUT2D eigenvalue weighted by atomic mass is 16.3. The first kappa shape index (κ1) is 16.5. The van der Waals surface area contributed by atoms with Gasteiger partial charge in [-0.2, -0.15) is 0 Å². The van der Waals surface area contributed by atoms with Gasteiger partial charge in [-0.25, -0.2) is 0 Å². The van der Waals surface area contributed by atoms with Gasteiger partial charge in [-0.1, -0.05) is 31.4 Å². The molecular weight excluding hydrogens is 306 g/mol. The summed E-state index contributed by atoms with van der Waals surface area (Å²) in [6.07, 6.45) is 5.10. The second-order valence-electron chi connectivity index (χ2n) is 6.52. The second-order valence-corrected chi connectivity index (χ2v) is 6.52. The molecule has 3 rings (SSSR count). The molecule has 6 nitrogen and oxygen atoms in total. The normalized spacial score (nSPS) is 22.3. The predicted octanol–water partition coefficient (Wildman–Crippen LogP) is 1.74. The molecule has 1 aliphatic carbocycles. The van der Waals surface area contributed by atoms with Crippen molar-refractivity contribution in [3.05, 3.63) is 41.2 Å². The van der Waals surface area contributed by atoms with Crippen molar-refractivity contribution < 1.29 is 14.7 Å². The molecule has 2 amide bonds. The number of carbonyl (C=O) groups excluding carboxylic acids is 2. The summed E-state index contributed by atoms with van der Waals surface area (Å²) in [4.78, 5) is 26.0. The number of carbonyl (C=O) groups is 2. The molecule has 1 heterocycles. The Hall–Kier alpha value is -2.34. The first-order valence-corrected chi connectivity index (χ1v) is 8.40. The summed E-state index contributed by atoms with van der Waals surface area (Å²) < 4.78 is 0.